The van der Waals surface area contributed by atoms with Gasteiger partial charge in [-0.25, -0.2) is 0 Å². The van der Waals surface area contributed by atoms with E-state index >= 15 is 0 Å². The molecule has 6 heteroatoms. The standard InChI is InChI=1S/C14H13BF3O.K/c1-11-9-13(15(16,17)18)7-8-14(11)19-10-12-5-3-2-4-6-12;/h2-9H,10H2,1H3;/q-1;+1. The molecule has 0 bridgehead atoms. The number of benzene rings is 2. The molecule has 2 aromatic carbocycles. The molecule has 0 amide bonds. The van der Waals surface area contributed by atoms with E-state index in [9.17, 15) is 12.9 Å². The molecule has 20 heavy (non-hydrogen) atoms. The van der Waals surface area contributed by atoms with Crippen molar-refractivity contribution in [3.05, 3.63) is 59.7 Å². The monoisotopic (exact) mass is 304 g/mol. The predicted molar refractivity (Wildman–Crippen MR) is 70.7 cm³/mol. The van der Waals surface area contributed by atoms with Crippen molar-refractivity contribution in [2.75, 3.05) is 0 Å². The summed E-state index contributed by atoms with van der Waals surface area (Å²) in [6, 6.07) is 13.1. The Morgan fingerprint density at radius 2 is 1.65 bits per heavy atom. The first-order valence-corrected chi connectivity index (χ1v) is 5.94. The zero-order valence-corrected chi connectivity index (χ0v) is 14.6. The van der Waals surface area contributed by atoms with Crippen LogP contribution in [0.15, 0.2) is 48.5 Å². The summed E-state index contributed by atoms with van der Waals surface area (Å²) in [4.78, 5) is 0. The first-order chi connectivity index (χ1) is 8.97. The number of hydrogen-bond acceptors (Lipinski definition) is 1. The Kier molecular flexibility index (Phi) is 6.81. The number of rotatable bonds is 4. The van der Waals surface area contributed by atoms with E-state index in [1.165, 1.54) is 6.07 Å². The van der Waals surface area contributed by atoms with Crippen LogP contribution in [0.1, 0.15) is 11.1 Å². The third-order valence-corrected chi connectivity index (χ3v) is 2.81. The summed E-state index contributed by atoms with van der Waals surface area (Å²) < 4.78 is 43.2. The summed E-state index contributed by atoms with van der Waals surface area (Å²) in [6.07, 6.45) is 0. The van der Waals surface area contributed by atoms with Gasteiger partial charge in [-0.15, -0.1) is 5.46 Å². The van der Waals surface area contributed by atoms with E-state index in [2.05, 4.69) is 0 Å². The fourth-order valence-corrected chi connectivity index (χ4v) is 1.77. The van der Waals surface area contributed by atoms with Gasteiger partial charge < -0.3 is 17.7 Å². The Bertz CT molecular complexity index is 558. The second kappa shape index (κ2) is 7.66. The molecule has 0 saturated heterocycles. The summed E-state index contributed by atoms with van der Waals surface area (Å²) in [6.45, 7) is -2.99. The van der Waals surface area contributed by atoms with Crippen molar-refractivity contribution in [2.45, 2.75) is 13.5 Å². The largest absolute Gasteiger partial charge is 1.00 e. The average Bonchev–Trinajstić information content (AvgIpc) is 2.37. The third kappa shape index (κ3) is 4.93. The first-order valence-electron chi connectivity index (χ1n) is 5.94. The van der Waals surface area contributed by atoms with Gasteiger partial charge in [0.25, 0.3) is 0 Å². The molecular weight excluding hydrogens is 291 g/mol. The molecule has 0 aliphatic carbocycles. The molecule has 0 N–H and O–H groups in total. The molecule has 2 rings (SSSR count). The van der Waals surface area contributed by atoms with E-state index < -0.39 is 12.4 Å². The van der Waals surface area contributed by atoms with Crippen LogP contribution in [0.5, 0.6) is 5.75 Å². The Morgan fingerprint density at radius 1 is 1.00 bits per heavy atom. The van der Waals surface area contributed by atoms with Crippen molar-refractivity contribution in [1.82, 2.24) is 0 Å². The Balaban J connectivity index is 0.00000200. The van der Waals surface area contributed by atoms with Gasteiger partial charge in [-0.2, -0.15) is 0 Å². The number of halogens is 3. The minimum Gasteiger partial charge on any atom is -0.489 e. The van der Waals surface area contributed by atoms with E-state index in [4.69, 9.17) is 4.74 Å². The van der Waals surface area contributed by atoms with Crippen LogP contribution in [-0.4, -0.2) is 6.98 Å². The smallest absolute Gasteiger partial charge is 0.489 e. The van der Waals surface area contributed by atoms with Crippen molar-refractivity contribution in [2.24, 2.45) is 0 Å². The molecule has 0 spiro atoms. The van der Waals surface area contributed by atoms with Crippen molar-refractivity contribution >= 4 is 12.4 Å². The van der Waals surface area contributed by atoms with Gasteiger partial charge in [0.05, 0.1) is 0 Å². The summed E-state index contributed by atoms with van der Waals surface area (Å²) in [5.41, 5.74) is 0.878. The molecular formula is C14H13BF3KO. The zero-order valence-electron chi connectivity index (χ0n) is 11.4. The van der Waals surface area contributed by atoms with Gasteiger partial charge in [-0.3, -0.25) is 0 Å². The molecule has 0 fully saturated rings. The van der Waals surface area contributed by atoms with E-state index in [1.54, 1.807) is 6.92 Å². The molecule has 0 heterocycles. The van der Waals surface area contributed by atoms with Crippen molar-refractivity contribution < 1.29 is 69.1 Å². The Hall–Kier alpha value is -0.269. The van der Waals surface area contributed by atoms with E-state index in [0.717, 1.165) is 17.7 Å². The minimum atomic E-state index is -4.95. The van der Waals surface area contributed by atoms with Crippen LogP contribution in [-0.2, 0) is 6.61 Å². The molecule has 0 radical (unpaired) electrons. The van der Waals surface area contributed by atoms with Crippen LogP contribution < -0.4 is 61.6 Å². The Morgan fingerprint density at radius 3 is 2.20 bits per heavy atom. The first kappa shape index (κ1) is 17.8. The van der Waals surface area contributed by atoms with Crippen LogP contribution in [0.2, 0.25) is 0 Å². The summed E-state index contributed by atoms with van der Waals surface area (Å²) in [7, 11) is 0. The van der Waals surface area contributed by atoms with E-state index in [1.807, 2.05) is 30.3 Å². The van der Waals surface area contributed by atoms with Gasteiger partial charge >= 0.3 is 58.4 Å². The van der Waals surface area contributed by atoms with Crippen LogP contribution in [0, 0.1) is 6.92 Å². The summed E-state index contributed by atoms with van der Waals surface area (Å²) in [5, 5.41) is 0. The maximum absolute atomic E-state index is 12.6. The molecule has 0 aliphatic heterocycles. The second-order valence-corrected chi connectivity index (χ2v) is 4.37. The third-order valence-electron chi connectivity index (χ3n) is 2.81. The molecule has 0 aromatic heterocycles. The van der Waals surface area contributed by atoms with Crippen LogP contribution in [0.25, 0.3) is 0 Å². The topological polar surface area (TPSA) is 9.23 Å². The van der Waals surface area contributed by atoms with Gasteiger partial charge in [0.15, 0.2) is 0 Å². The number of ether oxygens (including phenoxy) is 1. The van der Waals surface area contributed by atoms with Gasteiger partial charge in [0, 0.05) is 0 Å². The Labute approximate surface area is 159 Å². The molecule has 0 aliphatic rings. The minimum absolute atomic E-state index is 0. The van der Waals surface area contributed by atoms with Crippen LogP contribution in [0.3, 0.4) is 0 Å². The van der Waals surface area contributed by atoms with Crippen LogP contribution >= 0.6 is 0 Å². The zero-order chi connectivity index (χ0) is 13.9. The molecule has 2 aromatic rings. The van der Waals surface area contributed by atoms with Crippen molar-refractivity contribution in [3.8, 4) is 5.75 Å². The van der Waals surface area contributed by atoms with E-state index in [-0.39, 0.29) is 51.4 Å². The fourth-order valence-electron chi connectivity index (χ4n) is 1.77. The van der Waals surface area contributed by atoms with Gasteiger partial charge in [0.1, 0.15) is 12.4 Å². The van der Waals surface area contributed by atoms with Gasteiger partial charge in [-0.1, -0.05) is 42.5 Å². The summed E-state index contributed by atoms with van der Waals surface area (Å²) >= 11 is 0. The summed E-state index contributed by atoms with van der Waals surface area (Å²) in [5.74, 6) is 0.479. The number of aryl methyl sites for hydroxylation is 1. The maximum atomic E-state index is 12.6. The molecule has 0 unspecified atom stereocenters. The van der Waals surface area contributed by atoms with Gasteiger partial charge in [0.2, 0.25) is 0 Å². The molecule has 0 atom stereocenters. The maximum Gasteiger partial charge on any atom is 1.00 e. The quantitative estimate of drug-likeness (QED) is 0.753. The molecule has 1 nitrogen and oxygen atoms in total. The van der Waals surface area contributed by atoms with Gasteiger partial charge in [-0.05, 0) is 24.1 Å². The fraction of sp³-hybridized carbons (Fsp3) is 0.143. The normalized spacial score (nSPS) is 10.8. The van der Waals surface area contributed by atoms with Crippen molar-refractivity contribution in [1.29, 1.82) is 0 Å². The van der Waals surface area contributed by atoms with Crippen molar-refractivity contribution in [3.63, 3.8) is 0 Å². The SMILES string of the molecule is Cc1cc([B-](F)(F)F)ccc1OCc1ccccc1.[K+]. The average molecular weight is 304 g/mol. The number of hydrogen-bond donors (Lipinski definition) is 0. The molecule has 0 saturated carbocycles. The van der Waals surface area contributed by atoms with Crippen LogP contribution in [0.4, 0.5) is 12.9 Å². The predicted octanol–water partition coefficient (Wildman–Crippen LogP) is 0.632. The second-order valence-electron chi connectivity index (χ2n) is 4.37. The van der Waals surface area contributed by atoms with E-state index in [0.29, 0.717) is 17.9 Å². The molecule has 100 valence electrons.